The van der Waals surface area contributed by atoms with Gasteiger partial charge in [-0.3, -0.25) is 9.36 Å². The molecule has 0 spiro atoms. The number of hydrogen-bond acceptors (Lipinski definition) is 1. The highest BCUT2D eigenvalue weighted by Crippen LogP contribution is 2.09. The summed E-state index contributed by atoms with van der Waals surface area (Å²) >= 11 is 0. The van der Waals surface area contributed by atoms with E-state index in [1.165, 1.54) is 16.7 Å². The largest absolute Gasteiger partial charge is 0.284 e. The summed E-state index contributed by atoms with van der Waals surface area (Å²) in [5.41, 5.74) is 1.25. The van der Waals surface area contributed by atoms with Crippen molar-refractivity contribution in [1.82, 2.24) is 4.57 Å². The number of aromatic nitrogens is 1. The van der Waals surface area contributed by atoms with Gasteiger partial charge in [-0.25, -0.2) is 4.39 Å². The topological polar surface area (TPSA) is 22.0 Å². The van der Waals surface area contributed by atoms with Crippen molar-refractivity contribution in [2.45, 2.75) is 20.3 Å². The Morgan fingerprint density at radius 3 is 2.67 bits per heavy atom. The smallest absolute Gasteiger partial charge is 0.258 e. The van der Waals surface area contributed by atoms with Crippen molar-refractivity contribution < 1.29 is 4.39 Å². The van der Waals surface area contributed by atoms with Crippen LogP contribution >= 0.6 is 0 Å². The fraction of sp³-hybridized carbons (Fsp3) is 0.267. The van der Waals surface area contributed by atoms with Crippen molar-refractivity contribution in [3.05, 3.63) is 64.3 Å². The molecule has 3 heteroatoms. The van der Waals surface area contributed by atoms with Crippen molar-refractivity contribution in [1.29, 1.82) is 0 Å². The fourth-order valence-electron chi connectivity index (χ4n) is 1.96. The lowest BCUT2D eigenvalue weighted by Crippen LogP contribution is -2.22. The van der Waals surface area contributed by atoms with Gasteiger partial charge in [0.05, 0.1) is 5.69 Å². The number of hydrogen-bond donors (Lipinski definition) is 0. The van der Waals surface area contributed by atoms with Gasteiger partial charge in [-0.05, 0) is 36.6 Å². The Morgan fingerprint density at radius 2 is 2.00 bits per heavy atom. The van der Waals surface area contributed by atoms with E-state index in [1.54, 1.807) is 18.3 Å². The summed E-state index contributed by atoms with van der Waals surface area (Å²) < 4.78 is 14.7. The molecule has 0 aliphatic heterocycles. The maximum atomic E-state index is 13.2. The zero-order valence-electron chi connectivity index (χ0n) is 10.6. The molecule has 0 atom stereocenters. The van der Waals surface area contributed by atoms with Crippen LogP contribution in [0.2, 0.25) is 0 Å². The maximum absolute atomic E-state index is 13.2. The fourth-order valence-corrected chi connectivity index (χ4v) is 1.96. The first-order valence-electron chi connectivity index (χ1n) is 6.04. The van der Waals surface area contributed by atoms with E-state index in [0.717, 1.165) is 12.0 Å². The van der Waals surface area contributed by atoms with E-state index in [4.69, 9.17) is 0 Å². The third-order valence-corrected chi connectivity index (χ3v) is 2.74. The molecule has 0 saturated heterocycles. The lowest BCUT2D eigenvalue weighted by Gasteiger charge is -2.09. The van der Waals surface area contributed by atoms with Gasteiger partial charge in [0.1, 0.15) is 5.82 Å². The summed E-state index contributed by atoms with van der Waals surface area (Å²) in [6, 6.07) is 9.71. The molecular weight excluding hydrogens is 229 g/mol. The Labute approximate surface area is 106 Å². The third-order valence-electron chi connectivity index (χ3n) is 2.74. The van der Waals surface area contributed by atoms with Crippen LogP contribution in [-0.4, -0.2) is 4.57 Å². The molecule has 0 aliphatic rings. The molecule has 1 heterocycles. The molecule has 0 bridgehead atoms. The predicted octanol–water partition coefficient (Wildman–Crippen LogP) is 3.18. The number of rotatable bonds is 3. The second-order valence-electron chi connectivity index (χ2n) is 4.79. The van der Waals surface area contributed by atoms with Gasteiger partial charge in [0.15, 0.2) is 0 Å². The van der Waals surface area contributed by atoms with E-state index in [1.807, 2.05) is 12.1 Å². The van der Waals surface area contributed by atoms with Crippen LogP contribution < -0.4 is 5.56 Å². The first-order valence-corrected chi connectivity index (χ1v) is 6.04. The number of halogens is 1. The normalized spacial score (nSPS) is 10.9. The minimum atomic E-state index is -0.339. The Morgan fingerprint density at radius 1 is 1.22 bits per heavy atom. The average Bonchev–Trinajstić information content (AvgIpc) is 2.31. The Bertz CT molecular complexity index is 601. The SMILES string of the molecule is CC(C)Cc1cccn(-c2cccc(F)c2)c1=O. The van der Waals surface area contributed by atoms with Crippen LogP contribution in [0.3, 0.4) is 0 Å². The van der Waals surface area contributed by atoms with E-state index in [9.17, 15) is 9.18 Å². The van der Waals surface area contributed by atoms with Gasteiger partial charge in [-0.15, -0.1) is 0 Å². The zero-order valence-corrected chi connectivity index (χ0v) is 10.6. The molecule has 0 saturated carbocycles. The van der Waals surface area contributed by atoms with Crippen molar-refractivity contribution in [3.8, 4) is 5.69 Å². The molecule has 1 aromatic carbocycles. The molecule has 0 unspecified atom stereocenters. The first-order chi connectivity index (χ1) is 8.58. The molecule has 2 rings (SSSR count). The third kappa shape index (κ3) is 2.67. The van der Waals surface area contributed by atoms with Gasteiger partial charge in [0.25, 0.3) is 5.56 Å². The molecule has 0 N–H and O–H groups in total. The van der Waals surface area contributed by atoms with Crippen molar-refractivity contribution >= 4 is 0 Å². The van der Waals surface area contributed by atoms with Gasteiger partial charge < -0.3 is 0 Å². The molecule has 0 fully saturated rings. The second kappa shape index (κ2) is 5.17. The number of benzene rings is 1. The minimum absolute atomic E-state index is 0.0724. The van der Waals surface area contributed by atoms with Crippen LogP contribution in [0.25, 0.3) is 5.69 Å². The molecular formula is C15H16FNO. The lowest BCUT2D eigenvalue weighted by atomic mass is 10.0. The average molecular weight is 245 g/mol. The summed E-state index contributed by atoms with van der Waals surface area (Å²) in [6.45, 7) is 4.14. The van der Waals surface area contributed by atoms with Crippen LogP contribution in [0.5, 0.6) is 0 Å². The molecule has 1 aromatic heterocycles. The van der Waals surface area contributed by atoms with Gasteiger partial charge >= 0.3 is 0 Å². The van der Waals surface area contributed by atoms with Gasteiger partial charge in [0, 0.05) is 11.8 Å². The van der Waals surface area contributed by atoms with Crippen LogP contribution in [0, 0.1) is 11.7 Å². The summed E-state index contributed by atoms with van der Waals surface area (Å²) in [5.74, 6) is 0.0784. The Kier molecular flexibility index (Phi) is 3.60. The van der Waals surface area contributed by atoms with Crippen LogP contribution in [0.15, 0.2) is 47.4 Å². The van der Waals surface area contributed by atoms with E-state index < -0.39 is 0 Å². The lowest BCUT2D eigenvalue weighted by molar-refractivity contribution is 0.625. The number of nitrogens with zero attached hydrogens (tertiary/aromatic N) is 1. The Balaban J connectivity index is 2.49. The van der Waals surface area contributed by atoms with Gasteiger partial charge in [-0.1, -0.05) is 26.0 Å². The van der Waals surface area contributed by atoms with Gasteiger partial charge in [0.2, 0.25) is 0 Å². The second-order valence-corrected chi connectivity index (χ2v) is 4.79. The Hall–Kier alpha value is -1.90. The molecule has 0 radical (unpaired) electrons. The van der Waals surface area contributed by atoms with E-state index in [2.05, 4.69) is 13.8 Å². The predicted molar refractivity (Wildman–Crippen MR) is 70.5 cm³/mol. The molecule has 18 heavy (non-hydrogen) atoms. The van der Waals surface area contributed by atoms with Crippen molar-refractivity contribution in [2.75, 3.05) is 0 Å². The van der Waals surface area contributed by atoms with Crippen LogP contribution in [-0.2, 0) is 6.42 Å². The highest BCUT2D eigenvalue weighted by atomic mass is 19.1. The molecule has 2 aromatic rings. The van der Waals surface area contributed by atoms with Crippen molar-refractivity contribution in [3.63, 3.8) is 0 Å². The summed E-state index contributed by atoms with van der Waals surface area (Å²) in [4.78, 5) is 12.3. The monoisotopic (exact) mass is 245 g/mol. The van der Waals surface area contributed by atoms with E-state index in [-0.39, 0.29) is 11.4 Å². The van der Waals surface area contributed by atoms with E-state index >= 15 is 0 Å². The van der Waals surface area contributed by atoms with Crippen molar-refractivity contribution in [2.24, 2.45) is 5.92 Å². The summed E-state index contributed by atoms with van der Waals surface area (Å²) in [7, 11) is 0. The van der Waals surface area contributed by atoms with Crippen LogP contribution in [0.1, 0.15) is 19.4 Å². The highest BCUT2D eigenvalue weighted by molar-refractivity contribution is 5.33. The molecule has 94 valence electrons. The zero-order chi connectivity index (χ0) is 13.1. The minimum Gasteiger partial charge on any atom is -0.284 e. The quantitative estimate of drug-likeness (QED) is 0.814. The molecule has 2 nitrogen and oxygen atoms in total. The van der Waals surface area contributed by atoms with Gasteiger partial charge in [-0.2, -0.15) is 0 Å². The molecule has 0 amide bonds. The molecule has 0 aliphatic carbocycles. The van der Waals surface area contributed by atoms with Crippen LogP contribution in [0.4, 0.5) is 4.39 Å². The standard InChI is InChI=1S/C15H16FNO/c1-11(2)9-12-5-4-8-17(15(12)18)14-7-3-6-13(16)10-14/h3-8,10-11H,9H2,1-2H3. The van der Waals surface area contributed by atoms with E-state index in [0.29, 0.717) is 11.6 Å². The first kappa shape index (κ1) is 12.6. The summed E-state index contributed by atoms with van der Waals surface area (Å²) in [6.07, 6.45) is 2.40. The highest BCUT2D eigenvalue weighted by Gasteiger charge is 2.07. The summed E-state index contributed by atoms with van der Waals surface area (Å²) in [5, 5.41) is 0. The maximum Gasteiger partial charge on any atom is 0.258 e. The number of pyridine rings is 1.